The summed E-state index contributed by atoms with van der Waals surface area (Å²) >= 11 is 1.75. The van der Waals surface area contributed by atoms with Crippen LogP contribution in [0.2, 0.25) is 0 Å². The lowest BCUT2D eigenvalue weighted by Crippen LogP contribution is -2.30. The number of para-hydroxylation sites is 2. The summed E-state index contributed by atoms with van der Waals surface area (Å²) in [6.45, 7) is 0. The second kappa shape index (κ2) is 14.0. The highest BCUT2D eigenvalue weighted by atomic mass is 32.1. The van der Waals surface area contributed by atoms with E-state index in [0.29, 0.717) is 5.95 Å². The van der Waals surface area contributed by atoms with Gasteiger partial charge in [0.2, 0.25) is 5.95 Å². The molecule has 2 atom stereocenters. The Hall–Kier alpha value is -6.89. The van der Waals surface area contributed by atoms with Crippen molar-refractivity contribution in [1.29, 1.82) is 0 Å². The molecule has 272 valence electrons. The van der Waals surface area contributed by atoms with Crippen LogP contribution in [-0.2, 0) is 0 Å². The first kappa shape index (κ1) is 33.4. The summed E-state index contributed by atoms with van der Waals surface area (Å²) in [6.07, 6.45) is 15.8. The third-order valence-corrected chi connectivity index (χ3v) is 12.4. The van der Waals surface area contributed by atoms with Gasteiger partial charge in [-0.05, 0) is 72.0 Å². The molecule has 2 unspecified atom stereocenters. The van der Waals surface area contributed by atoms with Crippen molar-refractivity contribution >= 4 is 61.0 Å². The molecule has 6 heteroatoms. The summed E-state index contributed by atoms with van der Waals surface area (Å²) in [5.74, 6) is 0.781. The highest BCUT2D eigenvalue weighted by Crippen LogP contribution is 2.53. The minimum absolute atomic E-state index is 0.0134. The molecule has 2 aromatic heterocycles. The van der Waals surface area contributed by atoms with Gasteiger partial charge in [-0.1, -0.05) is 146 Å². The molecule has 11 rings (SSSR count). The summed E-state index contributed by atoms with van der Waals surface area (Å²) in [5.41, 5.74) is 13.5. The Morgan fingerprint density at radius 2 is 1.35 bits per heavy atom. The maximum atomic E-state index is 5.41. The molecule has 57 heavy (non-hydrogen) atoms. The van der Waals surface area contributed by atoms with Gasteiger partial charge in [0.05, 0.1) is 33.2 Å². The van der Waals surface area contributed by atoms with Crippen LogP contribution in [-0.4, -0.2) is 21.0 Å². The van der Waals surface area contributed by atoms with Gasteiger partial charge in [0, 0.05) is 39.5 Å². The SMILES string of the molecule is C1=CCCC(N(c2ccccc2)c2ccc(C3=CC4c5ccc6nc(-c7ccccc7)sc6c5N(c5nc(-c6ccccc6)c6ccccc6n5)C4C=C3)cc2)=C1. The number of allylic oxidation sites excluding steroid dienone is 6. The van der Waals surface area contributed by atoms with Crippen molar-refractivity contribution in [2.75, 3.05) is 9.80 Å². The van der Waals surface area contributed by atoms with Crippen LogP contribution in [0.15, 0.2) is 194 Å². The zero-order valence-electron chi connectivity index (χ0n) is 31.1. The zero-order valence-corrected chi connectivity index (χ0v) is 31.9. The van der Waals surface area contributed by atoms with E-state index in [1.54, 1.807) is 11.3 Å². The van der Waals surface area contributed by atoms with Crippen LogP contribution in [0.4, 0.5) is 23.0 Å². The molecule has 0 spiro atoms. The first-order valence-corrected chi connectivity index (χ1v) is 20.4. The van der Waals surface area contributed by atoms with Crippen molar-refractivity contribution in [3.05, 3.63) is 205 Å². The molecule has 2 aliphatic carbocycles. The Balaban J connectivity index is 1.04. The second-order valence-corrected chi connectivity index (χ2v) is 15.7. The normalized spacial score (nSPS) is 17.0. The molecule has 3 heterocycles. The summed E-state index contributed by atoms with van der Waals surface area (Å²) in [5, 5.41) is 2.05. The van der Waals surface area contributed by atoms with E-state index in [0.717, 1.165) is 67.2 Å². The van der Waals surface area contributed by atoms with Crippen LogP contribution in [0.25, 0.3) is 48.5 Å². The topological polar surface area (TPSA) is 45.2 Å². The number of thiazole rings is 1. The minimum Gasteiger partial charge on any atom is -0.314 e. The number of hydrogen-bond acceptors (Lipinski definition) is 6. The average molecular weight is 752 g/mol. The quantitative estimate of drug-likeness (QED) is 0.162. The number of nitrogens with zero attached hydrogens (tertiary/aromatic N) is 5. The fourth-order valence-corrected chi connectivity index (χ4v) is 9.73. The molecular formula is C51H37N5S. The smallest absolute Gasteiger partial charge is 0.231 e. The Bertz CT molecular complexity index is 2910. The maximum absolute atomic E-state index is 5.41. The summed E-state index contributed by atoms with van der Waals surface area (Å²) in [4.78, 5) is 20.6. The number of benzene rings is 6. The van der Waals surface area contributed by atoms with Crippen molar-refractivity contribution in [2.45, 2.75) is 24.8 Å². The van der Waals surface area contributed by atoms with Crippen LogP contribution in [0.1, 0.15) is 29.9 Å². The summed E-state index contributed by atoms with van der Waals surface area (Å²) in [6, 6.07) is 53.5. The number of rotatable bonds is 7. The van der Waals surface area contributed by atoms with Crippen molar-refractivity contribution in [3.8, 4) is 21.8 Å². The summed E-state index contributed by atoms with van der Waals surface area (Å²) < 4.78 is 1.15. The monoisotopic (exact) mass is 751 g/mol. The standard InChI is InChI=1S/C51H37N5S/c1-5-15-35(16-6-1)47-42-23-13-14-24-44(42)53-51(54-47)56-46-32-27-37(33-43(46)41-30-31-45-49(48(41)56)57-50(52-45)36-17-7-2-8-18-36)34-25-28-40(29-26-34)55(38-19-9-3-10-20-38)39-21-11-4-12-22-39/h1-11,13-21,23-33,43,46H,12,22H2. The van der Waals surface area contributed by atoms with Gasteiger partial charge in [-0.15, -0.1) is 11.3 Å². The van der Waals surface area contributed by atoms with Crippen LogP contribution in [0, 0.1) is 0 Å². The number of fused-ring (bicyclic) bond motifs is 6. The molecule has 0 saturated heterocycles. The molecule has 0 bridgehead atoms. The predicted molar refractivity (Wildman–Crippen MR) is 237 cm³/mol. The Kier molecular flexibility index (Phi) is 8.21. The molecule has 5 nitrogen and oxygen atoms in total. The lowest BCUT2D eigenvalue weighted by molar-refractivity contribution is 0.734. The van der Waals surface area contributed by atoms with Gasteiger partial charge in [0.1, 0.15) is 5.01 Å². The molecule has 0 amide bonds. The molecule has 0 saturated carbocycles. The van der Waals surface area contributed by atoms with Crippen LogP contribution < -0.4 is 9.80 Å². The van der Waals surface area contributed by atoms with Crippen LogP contribution in [0.5, 0.6) is 0 Å². The van der Waals surface area contributed by atoms with Crippen molar-refractivity contribution in [3.63, 3.8) is 0 Å². The Labute approximate surface area is 336 Å². The third-order valence-electron chi connectivity index (χ3n) is 11.3. The van der Waals surface area contributed by atoms with Crippen molar-refractivity contribution in [2.24, 2.45) is 0 Å². The van der Waals surface area contributed by atoms with E-state index in [1.165, 1.54) is 28.1 Å². The van der Waals surface area contributed by atoms with Crippen molar-refractivity contribution < 1.29 is 0 Å². The van der Waals surface area contributed by atoms with Crippen LogP contribution >= 0.6 is 11.3 Å². The fraction of sp³-hybridized carbons (Fsp3) is 0.0784. The molecule has 0 N–H and O–H groups in total. The molecule has 3 aliphatic rings. The van der Waals surface area contributed by atoms with Gasteiger partial charge in [-0.25, -0.2) is 15.0 Å². The van der Waals surface area contributed by atoms with Gasteiger partial charge < -0.3 is 9.80 Å². The Morgan fingerprint density at radius 3 is 2.12 bits per heavy atom. The van der Waals surface area contributed by atoms with Gasteiger partial charge in [0.25, 0.3) is 0 Å². The third kappa shape index (κ3) is 5.88. The van der Waals surface area contributed by atoms with Crippen molar-refractivity contribution in [1.82, 2.24) is 15.0 Å². The first-order valence-electron chi connectivity index (χ1n) is 19.6. The highest BCUT2D eigenvalue weighted by molar-refractivity contribution is 7.22. The molecule has 8 aromatic rings. The average Bonchev–Trinajstić information content (AvgIpc) is 3.87. The van der Waals surface area contributed by atoms with E-state index in [-0.39, 0.29) is 12.0 Å². The molecule has 6 aromatic carbocycles. The highest BCUT2D eigenvalue weighted by Gasteiger charge is 2.42. The van der Waals surface area contributed by atoms with E-state index in [1.807, 2.05) is 0 Å². The lowest BCUT2D eigenvalue weighted by Gasteiger charge is -2.29. The minimum atomic E-state index is -0.0134. The molecule has 0 radical (unpaired) electrons. The van der Waals surface area contributed by atoms with E-state index in [2.05, 4.69) is 198 Å². The predicted octanol–water partition coefficient (Wildman–Crippen LogP) is 13.2. The first-order chi connectivity index (χ1) is 28.3. The molecule has 0 fully saturated rings. The van der Waals surface area contributed by atoms with E-state index in [4.69, 9.17) is 15.0 Å². The second-order valence-electron chi connectivity index (χ2n) is 14.7. The van der Waals surface area contributed by atoms with E-state index < -0.39 is 0 Å². The van der Waals surface area contributed by atoms with E-state index >= 15 is 0 Å². The summed E-state index contributed by atoms with van der Waals surface area (Å²) in [7, 11) is 0. The largest absolute Gasteiger partial charge is 0.314 e. The van der Waals surface area contributed by atoms with E-state index in [9.17, 15) is 0 Å². The van der Waals surface area contributed by atoms with Gasteiger partial charge >= 0.3 is 0 Å². The van der Waals surface area contributed by atoms with Crippen LogP contribution in [0.3, 0.4) is 0 Å². The number of anilines is 4. The Morgan fingerprint density at radius 1 is 0.632 bits per heavy atom. The maximum Gasteiger partial charge on any atom is 0.231 e. The molecule has 1 aliphatic heterocycles. The zero-order chi connectivity index (χ0) is 37.7. The number of hydrogen-bond donors (Lipinski definition) is 0. The van der Waals surface area contributed by atoms with Gasteiger partial charge in [0.15, 0.2) is 0 Å². The van der Waals surface area contributed by atoms with Gasteiger partial charge in [-0.2, -0.15) is 0 Å². The number of aromatic nitrogens is 3. The lowest BCUT2D eigenvalue weighted by atomic mass is 9.86. The fourth-order valence-electron chi connectivity index (χ4n) is 8.60. The van der Waals surface area contributed by atoms with Gasteiger partial charge in [-0.3, -0.25) is 0 Å². The molecular weight excluding hydrogens is 715 g/mol.